The summed E-state index contributed by atoms with van der Waals surface area (Å²) in [6, 6.07) is 0. The van der Waals surface area contributed by atoms with Gasteiger partial charge in [0.1, 0.15) is 5.76 Å². The topological polar surface area (TPSA) is 46.5 Å². The van der Waals surface area contributed by atoms with Crippen molar-refractivity contribution >= 4 is 17.6 Å². The molecule has 0 bridgehead atoms. The summed E-state index contributed by atoms with van der Waals surface area (Å²) in [5.41, 5.74) is 0. The predicted octanol–water partition coefficient (Wildman–Crippen LogP) is 2.34. The lowest BCUT2D eigenvalue weighted by molar-refractivity contribution is -0.137. The highest BCUT2D eigenvalue weighted by Gasteiger charge is 2.16. The van der Waals surface area contributed by atoms with Gasteiger partial charge in [0.25, 0.3) is 0 Å². The van der Waals surface area contributed by atoms with E-state index in [9.17, 15) is 4.79 Å². The Morgan fingerprint density at radius 2 is 2.47 bits per heavy atom. The molecule has 0 heterocycles. The van der Waals surface area contributed by atoms with Crippen LogP contribution in [0, 0.1) is 5.92 Å². The van der Waals surface area contributed by atoms with Gasteiger partial charge in [-0.2, -0.15) is 0 Å². The summed E-state index contributed by atoms with van der Waals surface area (Å²) in [5, 5.41) is 8.80. The van der Waals surface area contributed by atoms with Crippen molar-refractivity contribution in [3.63, 3.8) is 0 Å². The van der Waals surface area contributed by atoms with Crippen LogP contribution in [0.4, 0.5) is 0 Å². The minimum absolute atomic E-state index is 0.0908. The van der Waals surface area contributed by atoms with Crippen LogP contribution in [0.2, 0.25) is 0 Å². The molecule has 1 aliphatic rings. The highest BCUT2D eigenvalue weighted by Crippen LogP contribution is 2.21. The van der Waals surface area contributed by atoms with Crippen molar-refractivity contribution < 1.29 is 14.6 Å². The van der Waals surface area contributed by atoms with Gasteiger partial charge in [0.2, 0.25) is 0 Å². The molecule has 0 saturated heterocycles. The average Bonchev–Trinajstić information content (AvgIpc) is 2.17. The zero-order chi connectivity index (χ0) is 11.3. The number of hydrogen-bond acceptors (Lipinski definition) is 3. The SMILES string of the molecule is CCOC(=O)C=CC1C=CC(O)=CC1Cl. The van der Waals surface area contributed by atoms with E-state index in [0.29, 0.717) is 6.61 Å². The number of carbonyl (C=O) groups is 1. The van der Waals surface area contributed by atoms with Crippen LogP contribution in [0.25, 0.3) is 0 Å². The molecule has 82 valence electrons. The minimum atomic E-state index is -0.381. The fourth-order valence-electron chi connectivity index (χ4n) is 1.20. The molecule has 0 aromatic carbocycles. The second-order valence-corrected chi connectivity index (χ2v) is 3.59. The number of alkyl halides is 1. The Balaban J connectivity index is 2.53. The third kappa shape index (κ3) is 3.80. The number of rotatable bonds is 3. The largest absolute Gasteiger partial charge is 0.508 e. The summed E-state index contributed by atoms with van der Waals surface area (Å²) in [4.78, 5) is 11.0. The number of ether oxygens (including phenoxy) is 1. The van der Waals surface area contributed by atoms with Crippen LogP contribution in [0.15, 0.2) is 36.1 Å². The van der Waals surface area contributed by atoms with Crippen molar-refractivity contribution in [2.75, 3.05) is 6.61 Å². The number of aliphatic hydroxyl groups is 1. The van der Waals surface area contributed by atoms with Crippen molar-refractivity contribution in [3.8, 4) is 0 Å². The smallest absolute Gasteiger partial charge is 0.330 e. The second-order valence-electron chi connectivity index (χ2n) is 3.08. The lowest BCUT2D eigenvalue weighted by Gasteiger charge is -2.15. The summed E-state index contributed by atoms with van der Waals surface area (Å²) in [6.07, 6.45) is 7.84. The van der Waals surface area contributed by atoms with E-state index in [1.807, 2.05) is 0 Å². The summed E-state index contributed by atoms with van der Waals surface area (Å²) < 4.78 is 4.73. The van der Waals surface area contributed by atoms with Gasteiger partial charge in [0.15, 0.2) is 0 Å². The zero-order valence-corrected chi connectivity index (χ0v) is 9.15. The van der Waals surface area contributed by atoms with Gasteiger partial charge in [0, 0.05) is 12.0 Å². The third-order valence-electron chi connectivity index (χ3n) is 1.93. The fourth-order valence-corrected chi connectivity index (χ4v) is 1.49. The lowest BCUT2D eigenvalue weighted by Crippen LogP contribution is -2.12. The zero-order valence-electron chi connectivity index (χ0n) is 8.39. The van der Waals surface area contributed by atoms with Gasteiger partial charge < -0.3 is 9.84 Å². The first kappa shape index (κ1) is 11.9. The molecule has 0 amide bonds. The van der Waals surface area contributed by atoms with Gasteiger partial charge in [-0.15, -0.1) is 11.6 Å². The summed E-state index contributed by atoms with van der Waals surface area (Å²) in [6.45, 7) is 2.10. The molecule has 1 N–H and O–H groups in total. The summed E-state index contributed by atoms with van der Waals surface area (Å²) in [7, 11) is 0. The molecule has 2 unspecified atom stereocenters. The molecule has 4 heteroatoms. The fraction of sp³-hybridized carbons (Fsp3) is 0.364. The first-order valence-electron chi connectivity index (χ1n) is 4.71. The van der Waals surface area contributed by atoms with Crippen molar-refractivity contribution in [1.29, 1.82) is 0 Å². The number of hydrogen-bond donors (Lipinski definition) is 1. The van der Waals surface area contributed by atoms with Crippen LogP contribution in [0.3, 0.4) is 0 Å². The van der Waals surface area contributed by atoms with Gasteiger partial charge in [-0.25, -0.2) is 4.79 Å². The lowest BCUT2D eigenvalue weighted by atomic mass is 9.99. The van der Waals surface area contributed by atoms with E-state index in [2.05, 4.69) is 0 Å². The first-order valence-corrected chi connectivity index (χ1v) is 5.15. The molecule has 0 spiro atoms. The molecule has 3 nitrogen and oxygen atoms in total. The van der Waals surface area contributed by atoms with Crippen molar-refractivity contribution in [2.45, 2.75) is 12.3 Å². The van der Waals surface area contributed by atoms with Crippen LogP contribution in [-0.4, -0.2) is 23.1 Å². The van der Waals surface area contributed by atoms with Gasteiger partial charge >= 0.3 is 5.97 Å². The van der Waals surface area contributed by atoms with Crippen molar-refractivity contribution in [2.24, 2.45) is 5.92 Å². The van der Waals surface area contributed by atoms with E-state index in [-0.39, 0.29) is 23.0 Å². The van der Waals surface area contributed by atoms with E-state index >= 15 is 0 Å². The van der Waals surface area contributed by atoms with Gasteiger partial charge in [0.05, 0.1) is 12.0 Å². The molecule has 0 aromatic rings. The number of allylic oxidation sites excluding steroid dienone is 4. The number of carbonyl (C=O) groups excluding carboxylic acids is 1. The van der Waals surface area contributed by atoms with Crippen molar-refractivity contribution in [3.05, 3.63) is 36.1 Å². The van der Waals surface area contributed by atoms with Crippen molar-refractivity contribution in [1.82, 2.24) is 0 Å². The standard InChI is InChI=1S/C11H13ClO3/c1-2-15-11(14)6-4-8-3-5-9(13)7-10(8)12/h3-8,10,13H,2H2,1H3. The Hall–Kier alpha value is -1.22. The maximum absolute atomic E-state index is 11.0. The van der Waals surface area contributed by atoms with Gasteiger partial charge in [-0.3, -0.25) is 0 Å². The normalized spacial score (nSPS) is 25.3. The van der Waals surface area contributed by atoms with E-state index in [4.69, 9.17) is 21.4 Å². The van der Waals surface area contributed by atoms with E-state index in [0.717, 1.165) is 0 Å². The minimum Gasteiger partial charge on any atom is -0.508 e. The molecule has 1 aliphatic carbocycles. The van der Waals surface area contributed by atoms with Crippen LogP contribution < -0.4 is 0 Å². The Morgan fingerprint density at radius 3 is 3.07 bits per heavy atom. The number of esters is 1. The highest BCUT2D eigenvalue weighted by molar-refractivity contribution is 6.22. The Bertz CT molecular complexity index is 318. The van der Waals surface area contributed by atoms with E-state index < -0.39 is 0 Å². The molecule has 0 radical (unpaired) electrons. The quantitative estimate of drug-likeness (QED) is 0.458. The van der Waals surface area contributed by atoms with Crippen LogP contribution in [0.5, 0.6) is 0 Å². The van der Waals surface area contributed by atoms with Gasteiger partial charge in [-0.1, -0.05) is 12.2 Å². The number of aliphatic hydroxyl groups excluding tert-OH is 1. The summed E-state index contributed by atoms with van der Waals surface area (Å²) >= 11 is 5.95. The molecule has 2 atom stereocenters. The number of halogens is 1. The van der Waals surface area contributed by atoms with Crippen LogP contribution >= 0.6 is 11.6 Å². The van der Waals surface area contributed by atoms with Gasteiger partial charge in [-0.05, 0) is 19.1 Å². The Kier molecular flexibility index (Phi) is 4.43. The Labute approximate surface area is 93.7 Å². The monoisotopic (exact) mass is 228 g/mol. The molecule has 0 fully saturated rings. The average molecular weight is 229 g/mol. The molecule has 1 rings (SSSR count). The van der Waals surface area contributed by atoms with Crippen LogP contribution in [-0.2, 0) is 9.53 Å². The third-order valence-corrected chi connectivity index (χ3v) is 2.34. The molecule has 0 aromatic heterocycles. The molecule has 15 heavy (non-hydrogen) atoms. The Morgan fingerprint density at radius 1 is 1.73 bits per heavy atom. The maximum Gasteiger partial charge on any atom is 0.330 e. The summed E-state index contributed by atoms with van der Waals surface area (Å²) in [5.74, 6) is -0.323. The predicted molar refractivity (Wildman–Crippen MR) is 58.8 cm³/mol. The molecule has 0 saturated carbocycles. The first-order chi connectivity index (χ1) is 7.13. The maximum atomic E-state index is 11.0. The van der Waals surface area contributed by atoms with E-state index in [1.165, 1.54) is 12.2 Å². The highest BCUT2D eigenvalue weighted by atomic mass is 35.5. The van der Waals surface area contributed by atoms with E-state index in [1.54, 1.807) is 25.2 Å². The molecular formula is C11H13ClO3. The van der Waals surface area contributed by atoms with Crippen LogP contribution in [0.1, 0.15) is 6.92 Å². The molecule has 0 aliphatic heterocycles. The molecular weight excluding hydrogens is 216 g/mol. The second kappa shape index (κ2) is 5.61.